The van der Waals surface area contributed by atoms with Gasteiger partial charge in [0.05, 0.1) is 6.04 Å². The van der Waals surface area contributed by atoms with Crippen LogP contribution in [0.1, 0.15) is 22.2 Å². The molecule has 2 amide bonds. The number of hydrogen-bond acceptors (Lipinski definition) is 4. The summed E-state index contributed by atoms with van der Waals surface area (Å²) in [5.41, 5.74) is 1.96. The van der Waals surface area contributed by atoms with E-state index in [0.29, 0.717) is 13.1 Å². The minimum atomic E-state index is -0.163. The Kier molecular flexibility index (Phi) is 5.91. The predicted molar refractivity (Wildman–Crippen MR) is 90.0 cm³/mol. The number of urea groups is 1. The van der Waals surface area contributed by atoms with Gasteiger partial charge < -0.3 is 15.5 Å². The van der Waals surface area contributed by atoms with Crippen molar-refractivity contribution in [1.29, 1.82) is 0 Å². The molecule has 2 N–H and O–H groups in total. The van der Waals surface area contributed by atoms with Crippen LogP contribution < -0.4 is 10.6 Å². The maximum atomic E-state index is 11.9. The van der Waals surface area contributed by atoms with Crippen LogP contribution in [0.5, 0.6) is 0 Å². The lowest BCUT2D eigenvalue weighted by atomic mass is 10.2. The Morgan fingerprint density at radius 3 is 2.73 bits per heavy atom. The van der Waals surface area contributed by atoms with E-state index >= 15 is 0 Å². The number of likely N-dealkylation sites (N-methyl/N-ethyl adjacent to an activating group) is 1. The second kappa shape index (κ2) is 7.91. The van der Waals surface area contributed by atoms with Crippen LogP contribution in [0.3, 0.4) is 0 Å². The quantitative estimate of drug-likeness (QED) is 0.860. The van der Waals surface area contributed by atoms with Gasteiger partial charge in [-0.15, -0.1) is 11.3 Å². The number of rotatable bonds is 6. The number of carbonyl (C=O) groups is 1. The highest BCUT2D eigenvalue weighted by Gasteiger charge is 2.15. The van der Waals surface area contributed by atoms with Crippen molar-refractivity contribution in [1.82, 2.24) is 20.5 Å². The summed E-state index contributed by atoms with van der Waals surface area (Å²) in [5, 5.41) is 7.83. The van der Waals surface area contributed by atoms with Crippen LogP contribution in [0.25, 0.3) is 0 Å². The highest BCUT2D eigenvalue weighted by atomic mass is 32.1. The van der Waals surface area contributed by atoms with Gasteiger partial charge in [-0.2, -0.15) is 0 Å². The third-order valence-corrected chi connectivity index (χ3v) is 4.35. The summed E-state index contributed by atoms with van der Waals surface area (Å²) in [5.74, 6) is 0. The lowest BCUT2D eigenvalue weighted by molar-refractivity contribution is 0.233. The summed E-state index contributed by atoms with van der Waals surface area (Å²) in [6, 6.07) is 8.05. The van der Waals surface area contributed by atoms with E-state index in [9.17, 15) is 4.79 Å². The Balaban J connectivity index is 1.80. The summed E-state index contributed by atoms with van der Waals surface area (Å²) >= 11 is 1.70. The Labute approximate surface area is 135 Å². The molecule has 0 spiro atoms. The molecule has 0 aliphatic carbocycles. The van der Waals surface area contributed by atoms with Crippen LogP contribution in [0.4, 0.5) is 4.79 Å². The van der Waals surface area contributed by atoms with E-state index in [4.69, 9.17) is 0 Å². The molecule has 6 heteroatoms. The fourth-order valence-electron chi connectivity index (χ4n) is 2.06. The summed E-state index contributed by atoms with van der Waals surface area (Å²) in [6.45, 7) is 2.99. The summed E-state index contributed by atoms with van der Waals surface area (Å²) < 4.78 is 0. The molecule has 0 aromatic carbocycles. The van der Waals surface area contributed by atoms with Crippen molar-refractivity contribution in [2.24, 2.45) is 0 Å². The molecule has 0 aliphatic heterocycles. The average molecular weight is 318 g/mol. The van der Waals surface area contributed by atoms with Crippen molar-refractivity contribution in [2.45, 2.75) is 19.5 Å². The first-order valence-electron chi connectivity index (χ1n) is 7.19. The molecule has 1 unspecified atom stereocenters. The van der Waals surface area contributed by atoms with Gasteiger partial charge in [-0.05, 0) is 44.1 Å². The van der Waals surface area contributed by atoms with E-state index in [1.54, 1.807) is 17.5 Å². The molecule has 0 bridgehead atoms. The van der Waals surface area contributed by atoms with Crippen molar-refractivity contribution >= 4 is 17.4 Å². The predicted octanol–water partition coefficient (Wildman–Crippen LogP) is 2.55. The average Bonchev–Trinajstić information content (AvgIpc) is 3.00. The number of aromatic nitrogens is 1. The van der Waals surface area contributed by atoms with Gasteiger partial charge >= 0.3 is 6.03 Å². The Hall–Kier alpha value is -1.92. The molecule has 2 aromatic rings. The first-order valence-corrected chi connectivity index (χ1v) is 8.07. The zero-order chi connectivity index (χ0) is 15.9. The lowest BCUT2D eigenvalue weighted by Crippen LogP contribution is -2.40. The van der Waals surface area contributed by atoms with Gasteiger partial charge in [0.2, 0.25) is 0 Å². The summed E-state index contributed by atoms with van der Waals surface area (Å²) in [6.07, 6.45) is 1.78. The molecule has 2 aromatic heterocycles. The number of aryl methyl sites for hydroxylation is 1. The molecule has 2 rings (SSSR count). The Morgan fingerprint density at radius 2 is 2.14 bits per heavy atom. The lowest BCUT2D eigenvalue weighted by Gasteiger charge is -2.23. The molecule has 0 saturated carbocycles. The summed E-state index contributed by atoms with van der Waals surface area (Å²) in [4.78, 5) is 19.5. The molecule has 5 nitrogen and oxygen atoms in total. The van der Waals surface area contributed by atoms with Gasteiger partial charge in [-0.3, -0.25) is 4.98 Å². The minimum absolute atomic E-state index is 0.163. The molecule has 1 atom stereocenters. The molecular formula is C16H22N4OS. The smallest absolute Gasteiger partial charge is 0.315 e. The van der Waals surface area contributed by atoms with Crippen LogP contribution in [0, 0.1) is 6.92 Å². The second-order valence-electron chi connectivity index (χ2n) is 5.37. The third-order valence-electron chi connectivity index (χ3n) is 3.38. The minimum Gasteiger partial charge on any atom is -0.336 e. The van der Waals surface area contributed by atoms with Crippen LogP contribution in [0.15, 0.2) is 35.8 Å². The third kappa shape index (κ3) is 4.82. The van der Waals surface area contributed by atoms with Gasteiger partial charge in [-0.25, -0.2) is 4.79 Å². The van der Waals surface area contributed by atoms with E-state index in [1.807, 2.05) is 39.2 Å². The number of pyridine rings is 1. The molecule has 118 valence electrons. The zero-order valence-electron chi connectivity index (χ0n) is 13.2. The largest absolute Gasteiger partial charge is 0.336 e. The highest BCUT2D eigenvalue weighted by molar-refractivity contribution is 7.10. The van der Waals surface area contributed by atoms with E-state index in [0.717, 1.165) is 11.3 Å². The zero-order valence-corrected chi connectivity index (χ0v) is 14.0. The maximum absolute atomic E-state index is 11.9. The number of thiophene rings is 1. The van der Waals surface area contributed by atoms with E-state index in [1.165, 1.54) is 4.88 Å². The Bertz CT molecular complexity index is 581. The fourth-order valence-corrected chi connectivity index (χ4v) is 2.98. The number of nitrogens with one attached hydrogen (secondary N) is 2. The molecule has 0 aliphatic rings. The summed E-state index contributed by atoms with van der Waals surface area (Å²) in [7, 11) is 4.03. The molecule has 0 fully saturated rings. The van der Waals surface area contributed by atoms with Gasteiger partial charge in [0.25, 0.3) is 0 Å². The van der Waals surface area contributed by atoms with Crippen LogP contribution >= 0.6 is 11.3 Å². The van der Waals surface area contributed by atoms with E-state index < -0.39 is 0 Å². The second-order valence-corrected chi connectivity index (χ2v) is 6.35. The normalized spacial score (nSPS) is 12.2. The van der Waals surface area contributed by atoms with Gasteiger partial charge in [-0.1, -0.05) is 12.1 Å². The topological polar surface area (TPSA) is 57.3 Å². The SMILES string of the molecule is Cc1ccc(CNC(=O)NCC(c2cccs2)N(C)C)cn1. The first-order chi connectivity index (χ1) is 10.6. The number of amides is 2. The van der Waals surface area contributed by atoms with Crippen LogP contribution in [-0.2, 0) is 6.54 Å². The number of hydrogen-bond donors (Lipinski definition) is 2. The molecule has 0 radical (unpaired) electrons. The van der Waals surface area contributed by atoms with Gasteiger partial charge in [0.1, 0.15) is 0 Å². The van der Waals surface area contributed by atoms with Crippen molar-refractivity contribution in [3.63, 3.8) is 0 Å². The number of carbonyl (C=O) groups excluding carboxylic acids is 1. The Morgan fingerprint density at radius 1 is 1.32 bits per heavy atom. The van der Waals surface area contributed by atoms with Crippen molar-refractivity contribution < 1.29 is 4.79 Å². The van der Waals surface area contributed by atoms with Crippen LogP contribution in [0.2, 0.25) is 0 Å². The van der Waals surface area contributed by atoms with Crippen molar-refractivity contribution in [3.8, 4) is 0 Å². The van der Waals surface area contributed by atoms with E-state index in [2.05, 4.69) is 32.0 Å². The van der Waals surface area contributed by atoms with Gasteiger partial charge in [0, 0.05) is 29.9 Å². The monoisotopic (exact) mass is 318 g/mol. The van der Waals surface area contributed by atoms with Crippen molar-refractivity contribution in [2.75, 3.05) is 20.6 Å². The standard InChI is InChI=1S/C16H22N4OS/c1-12-6-7-13(9-17-12)10-18-16(21)19-11-14(20(2)3)15-5-4-8-22-15/h4-9,14H,10-11H2,1-3H3,(H2,18,19,21). The first kappa shape index (κ1) is 16.5. The molecule has 2 heterocycles. The maximum Gasteiger partial charge on any atom is 0.315 e. The van der Waals surface area contributed by atoms with E-state index in [-0.39, 0.29) is 12.1 Å². The highest BCUT2D eigenvalue weighted by Crippen LogP contribution is 2.22. The van der Waals surface area contributed by atoms with Crippen LogP contribution in [-0.4, -0.2) is 36.6 Å². The number of nitrogens with zero attached hydrogens (tertiary/aromatic N) is 2. The fraction of sp³-hybridized carbons (Fsp3) is 0.375. The van der Waals surface area contributed by atoms with Gasteiger partial charge in [0.15, 0.2) is 0 Å². The molecule has 0 saturated heterocycles. The molecular weight excluding hydrogens is 296 g/mol. The molecule has 22 heavy (non-hydrogen) atoms. The van der Waals surface area contributed by atoms with Crippen molar-refractivity contribution in [3.05, 3.63) is 52.0 Å².